The highest BCUT2D eigenvalue weighted by Gasteiger charge is 2.41. The highest BCUT2D eigenvalue weighted by atomic mass is 79.9. The van der Waals surface area contributed by atoms with Crippen molar-refractivity contribution in [1.82, 2.24) is 0 Å². The van der Waals surface area contributed by atoms with Crippen molar-refractivity contribution in [3.63, 3.8) is 0 Å². The van der Waals surface area contributed by atoms with Crippen molar-refractivity contribution in [2.75, 3.05) is 4.90 Å². The van der Waals surface area contributed by atoms with Crippen molar-refractivity contribution in [2.24, 2.45) is 5.73 Å². The van der Waals surface area contributed by atoms with Gasteiger partial charge >= 0.3 is 0 Å². The number of allylic oxidation sites excluding steroid dienone is 3. The molecule has 7 heteroatoms. The Kier molecular flexibility index (Phi) is 7.70. The average molecular weight is 603 g/mol. The molecule has 0 spiro atoms. The van der Waals surface area contributed by atoms with Crippen molar-refractivity contribution < 1.29 is 9.18 Å². The molecule has 0 saturated carbocycles. The first-order chi connectivity index (χ1) is 18.7. The maximum absolute atomic E-state index is 15.2. The van der Waals surface area contributed by atoms with Gasteiger partial charge in [0.15, 0.2) is 5.78 Å². The molecule has 0 radical (unpaired) electrons. The maximum Gasteiger partial charge on any atom is 0.161 e. The average Bonchev–Trinajstić information content (AvgIpc) is 2.89. The number of halogens is 2. The summed E-state index contributed by atoms with van der Waals surface area (Å²) in [6.45, 7) is 6.21. The molecule has 0 saturated heterocycles. The van der Waals surface area contributed by atoms with Crippen LogP contribution in [0, 0.1) is 37.9 Å². The molecule has 0 bridgehead atoms. The van der Waals surface area contributed by atoms with Crippen LogP contribution in [0.15, 0.2) is 86.6 Å². The first-order valence-electron chi connectivity index (χ1n) is 12.9. The zero-order chi connectivity index (χ0) is 27.8. The number of nitrogens with zero attached hydrogens (tertiary/aromatic N) is 2. The zero-order valence-electron chi connectivity index (χ0n) is 22.1. The first kappa shape index (κ1) is 27.2. The Balaban J connectivity index is 1.65. The van der Waals surface area contributed by atoms with Gasteiger partial charge in [-0.2, -0.15) is 5.26 Å². The van der Waals surface area contributed by atoms with Crippen LogP contribution in [0.1, 0.15) is 53.0 Å². The number of nitriles is 1. The van der Waals surface area contributed by atoms with E-state index in [0.29, 0.717) is 35.0 Å². The molecule has 5 rings (SSSR count). The molecule has 1 aliphatic heterocycles. The lowest BCUT2D eigenvalue weighted by Gasteiger charge is -2.40. The van der Waals surface area contributed by atoms with Gasteiger partial charge in [-0.15, -0.1) is 11.8 Å². The minimum Gasteiger partial charge on any atom is -0.384 e. The summed E-state index contributed by atoms with van der Waals surface area (Å²) in [5, 5.41) is 10.4. The highest BCUT2D eigenvalue weighted by Crippen LogP contribution is 2.48. The smallest absolute Gasteiger partial charge is 0.161 e. The van der Waals surface area contributed by atoms with Crippen LogP contribution in [-0.4, -0.2) is 5.78 Å². The molecule has 0 amide bonds. The van der Waals surface area contributed by atoms with Crippen LogP contribution in [-0.2, 0) is 10.5 Å². The third-order valence-electron chi connectivity index (χ3n) is 7.58. The molecule has 1 heterocycles. The second-order valence-corrected chi connectivity index (χ2v) is 12.0. The van der Waals surface area contributed by atoms with Gasteiger partial charge in [0, 0.05) is 32.8 Å². The van der Waals surface area contributed by atoms with Gasteiger partial charge in [-0.1, -0.05) is 46.3 Å². The Hall–Kier alpha value is -3.34. The molecule has 0 aromatic heterocycles. The molecule has 198 valence electrons. The van der Waals surface area contributed by atoms with E-state index in [2.05, 4.69) is 60.1 Å². The molecule has 1 atom stereocenters. The van der Waals surface area contributed by atoms with E-state index in [1.807, 2.05) is 19.1 Å². The van der Waals surface area contributed by atoms with Crippen molar-refractivity contribution in [3.05, 3.63) is 115 Å². The highest BCUT2D eigenvalue weighted by molar-refractivity contribution is 9.10. The van der Waals surface area contributed by atoms with Gasteiger partial charge in [-0.3, -0.25) is 9.69 Å². The summed E-state index contributed by atoms with van der Waals surface area (Å²) in [5.74, 6) is -0.147. The summed E-state index contributed by atoms with van der Waals surface area (Å²) in [6.07, 6.45) is 1.62. The van der Waals surface area contributed by atoms with Crippen molar-refractivity contribution in [3.8, 4) is 6.07 Å². The number of benzene rings is 3. The Morgan fingerprint density at radius 3 is 2.56 bits per heavy atom. The summed E-state index contributed by atoms with van der Waals surface area (Å²) >= 11 is 5.08. The second-order valence-electron chi connectivity index (χ2n) is 10.1. The number of hydrogen-bond donors (Lipinski definition) is 1. The van der Waals surface area contributed by atoms with E-state index >= 15 is 4.39 Å². The monoisotopic (exact) mass is 601 g/mol. The minimum absolute atomic E-state index is 0.0140. The van der Waals surface area contributed by atoms with Gasteiger partial charge in [-0.05, 0) is 85.7 Å². The Labute approximate surface area is 241 Å². The van der Waals surface area contributed by atoms with E-state index < -0.39 is 11.7 Å². The van der Waals surface area contributed by atoms with Crippen LogP contribution >= 0.6 is 27.7 Å². The van der Waals surface area contributed by atoms with Gasteiger partial charge in [0.25, 0.3) is 0 Å². The molecule has 3 aromatic carbocycles. The Morgan fingerprint density at radius 1 is 1.08 bits per heavy atom. The molecular weight excluding hydrogens is 573 g/mol. The SMILES string of the molecule is Cc1cc(C)c(C2C(C#N)=C(N)N(c3ccc(Br)cc3F)C3=C2C(=O)CCC3)cc1CSc1ccccc1C. The summed E-state index contributed by atoms with van der Waals surface area (Å²) in [4.78, 5) is 16.4. The van der Waals surface area contributed by atoms with Gasteiger partial charge in [-0.25, -0.2) is 4.39 Å². The van der Waals surface area contributed by atoms with Gasteiger partial charge in [0.05, 0.1) is 23.2 Å². The van der Waals surface area contributed by atoms with E-state index in [9.17, 15) is 10.1 Å². The van der Waals surface area contributed by atoms with Crippen molar-refractivity contribution >= 4 is 39.2 Å². The van der Waals surface area contributed by atoms with Gasteiger partial charge in [0.2, 0.25) is 0 Å². The van der Waals surface area contributed by atoms with Crippen molar-refractivity contribution in [2.45, 2.75) is 56.6 Å². The molecule has 2 aliphatic rings. The molecular formula is C32H29BrFN3OS. The lowest BCUT2D eigenvalue weighted by molar-refractivity contribution is -0.116. The van der Waals surface area contributed by atoms with Gasteiger partial charge in [0.1, 0.15) is 11.6 Å². The third-order valence-corrected chi connectivity index (χ3v) is 9.29. The molecule has 1 unspecified atom stereocenters. The number of Topliss-reactive ketones (excluding diaryl/α,β-unsaturated/α-hetero) is 1. The minimum atomic E-state index is -0.588. The van der Waals surface area contributed by atoms with Crippen LogP contribution in [0.3, 0.4) is 0 Å². The van der Waals surface area contributed by atoms with E-state index in [1.165, 1.54) is 16.5 Å². The topological polar surface area (TPSA) is 70.1 Å². The summed E-state index contributed by atoms with van der Waals surface area (Å²) < 4.78 is 15.8. The standard InChI is InChI=1S/C32H29BrFN3OS/c1-18-7-4-5-10-29(18)39-17-21-14-23(20(3)13-19(21)2)30-24(16-35)32(36)37(26-12-11-22(33)15-25(26)34)27-8-6-9-28(38)31(27)30/h4-5,7,10-15,30H,6,8-9,17,36H2,1-3H3. The van der Waals surface area contributed by atoms with Crippen molar-refractivity contribution in [1.29, 1.82) is 5.26 Å². The molecule has 39 heavy (non-hydrogen) atoms. The first-order valence-corrected chi connectivity index (χ1v) is 14.7. The van der Waals surface area contributed by atoms with Gasteiger partial charge < -0.3 is 5.73 Å². The normalized spacial score (nSPS) is 17.4. The van der Waals surface area contributed by atoms with E-state index in [4.69, 9.17) is 5.73 Å². The number of ketones is 1. The summed E-state index contributed by atoms with van der Waals surface area (Å²) in [7, 11) is 0. The van der Waals surface area contributed by atoms with E-state index in [-0.39, 0.29) is 22.9 Å². The fourth-order valence-corrected chi connectivity index (χ4v) is 7.02. The lowest BCUT2D eigenvalue weighted by atomic mass is 9.74. The number of nitrogens with two attached hydrogens (primary N) is 1. The Morgan fingerprint density at radius 2 is 1.85 bits per heavy atom. The van der Waals surface area contributed by atoms with Crippen LogP contribution in [0.5, 0.6) is 0 Å². The largest absolute Gasteiger partial charge is 0.384 e. The number of carbonyl (C=O) groups is 1. The van der Waals surface area contributed by atoms with Crippen LogP contribution < -0.4 is 10.6 Å². The second kappa shape index (κ2) is 11.0. The maximum atomic E-state index is 15.2. The predicted octanol–water partition coefficient (Wildman–Crippen LogP) is 8.11. The van der Waals surface area contributed by atoms with Crippen LogP contribution in [0.4, 0.5) is 10.1 Å². The molecule has 0 fully saturated rings. The zero-order valence-corrected chi connectivity index (χ0v) is 24.5. The van der Waals surface area contributed by atoms with E-state index in [0.717, 1.165) is 28.0 Å². The molecule has 4 nitrogen and oxygen atoms in total. The number of hydrogen-bond acceptors (Lipinski definition) is 5. The van der Waals surface area contributed by atoms with E-state index in [1.54, 1.807) is 28.8 Å². The van der Waals surface area contributed by atoms with Crippen LogP contribution in [0.25, 0.3) is 0 Å². The molecule has 1 aliphatic carbocycles. The summed E-state index contributed by atoms with van der Waals surface area (Å²) in [6, 6.07) is 19.6. The fourth-order valence-electron chi connectivity index (χ4n) is 5.59. The summed E-state index contributed by atoms with van der Waals surface area (Å²) in [5.41, 5.74) is 13.9. The number of carbonyl (C=O) groups excluding carboxylic acids is 1. The number of aryl methyl sites for hydroxylation is 3. The van der Waals surface area contributed by atoms with Crippen LogP contribution in [0.2, 0.25) is 0 Å². The fraction of sp³-hybridized carbons (Fsp3) is 0.250. The quantitative estimate of drug-likeness (QED) is 0.299. The number of rotatable bonds is 5. The lowest BCUT2D eigenvalue weighted by Crippen LogP contribution is -2.39. The Bertz CT molecular complexity index is 1600. The number of anilines is 1. The third kappa shape index (κ3) is 5.04. The molecule has 2 N–H and O–H groups in total. The predicted molar refractivity (Wildman–Crippen MR) is 159 cm³/mol. The molecule has 3 aromatic rings. The number of thioether (sulfide) groups is 1.